The van der Waals surface area contributed by atoms with Crippen molar-refractivity contribution >= 4 is 11.6 Å². The van der Waals surface area contributed by atoms with Gasteiger partial charge in [0.15, 0.2) is 11.6 Å². The van der Waals surface area contributed by atoms with Crippen LogP contribution in [0, 0.1) is 55.2 Å². The van der Waals surface area contributed by atoms with Crippen molar-refractivity contribution < 1.29 is 14.0 Å². The summed E-state index contributed by atoms with van der Waals surface area (Å²) in [6.07, 6.45) is 12.9. The molecule has 1 aromatic heterocycles. The van der Waals surface area contributed by atoms with Crippen LogP contribution in [0.15, 0.2) is 27.7 Å². The topological polar surface area (TPSA) is 96.8 Å². The van der Waals surface area contributed by atoms with Crippen molar-refractivity contribution in [2.45, 2.75) is 131 Å². The van der Waals surface area contributed by atoms with E-state index in [2.05, 4.69) is 64.7 Å². The summed E-state index contributed by atoms with van der Waals surface area (Å²) in [6, 6.07) is 2.22. The predicted molar refractivity (Wildman–Crippen MR) is 164 cm³/mol. The van der Waals surface area contributed by atoms with E-state index in [1.54, 1.807) is 0 Å². The molecule has 7 rings (SSSR count). The predicted octanol–water partition coefficient (Wildman–Crippen LogP) is 8.20. The Kier molecular flexibility index (Phi) is 5.55. The highest BCUT2D eigenvalue weighted by Gasteiger charge is 2.77. The SMILES string of the molecule is CC1(C)C(=O)C(C#N)=C[C@]2(C)C3=CC(=O)C4(C)[C@]5(C)C[C@@](C)(c6nnc(C7CC7)o6)CC[C@]5(C)CC[C@@]4(C)[C@]3(C)CC[C@@H]12. The number of ketones is 2. The molecule has 1 heterocycles. The zero-order valence-corrected chi connectivity index (χ0v) is 27.7. The first-order valence-electron chi connectivity index (χ1n) is 16.7. The van der Waals surface area contributed by atoms with Crippen LogP contribution in [0.5, 0.6) is 0 Å². The van der Waals surface area contributed by atoms with Crippen LogP contribution in [-0.2, 0) is 15.0 Å². The van der Waals surface area contributed by atoms with Crippen LogP contribution >= 0.6 is 0 Å². The molecule has 0 saturated heterocycles. The maximum absolute atomic E-state index is 15.1. The molecule has 8 atom stereocenters. The van der Waals surface area contributed by atoms with Crippen molar-refractivity contribution in [1.82, 2.24) is 10.2 Å². The van der Waals surface area contributed by atoms with Crippen LogP contribution in [0.3, 0.4) is 0 Å². The first-order chi connectivity index (χ1) is 19.9. The molecule has 0 spiro atoms. The summed E-state index contributed by atoms with van der Waals surface area (Å²) in [5.74, 6) is 2.15. The zero-order valence-electron chi connectivity index (χ0n) is 27.7. The van der Waals surface area contributed by atoms with Gasteiger partial charge >= 0.3 is 0 Å². The Morgan fingerprint density at radius 1 is 0.860 bits per heavy atom. The third kappa shape index (κ3) is 3.15. The fourth-order valence-electron chi connectivity index (χ4n) is 12.1. The number of nitriles is 1. The van der Waals surface area contributed by atoms with Crippen LogP contribution in [0.25, 0.3) is 0 Å². The van der Waals surface area contributed by atoms with Crippen LogP contribution < -0.4 is 0 Å². The van der Waals surface area contributed by atoms with Crippen LogP contribution in [0.4, 0.5) is 0 Å². The molecule has 6 aliphatic rings. The van der Waals surface area contributed by atoms with Gasteiger partial charge in [-0.15, -0.1) is 10.2 Å². The number of aromatic nitrogens is 2. The highest BCUT2D eigenvalue weighted by atomic mass is 16.4. The third-order valence-corrected chi connectivity index (χ3v) is 15.7. The second-order valence-electron chi connectivity index (χ2n) is 17.7. The molecule has 0 aliphatic heterocycles. The number of carbonyl (C=O) groups excluding carboxylic acids is 2. The minimum absolute atomic E-state index is 0.00567. The van der Waals surface area contributed by atoms with E-state index in [9.17, 15) is 10.1 Å². The summed E-state index contributed by atoms with van der Waals surface area (Å²) in [5.41, 5.74) is -1.55. The number of nitrogens with zero attached hydrogens (tertiary/aromatic N) is 3. The zero-order chi connectivity index (χ0) is 31.2. The molecule has 0 radical (unpaired) electrons. The lowest BCUT2D eigenvalue weighted by Crippen LogP contribution is -2.72. The van der Waals surface area contributed by atoms with E-state index in [4.69, 9.17) is 4.42 Å². The molecule has 0 bridgehead atoms. The van der Waals surface area contributed by atoms with Gasteiger partial charge in [-0.25, -0.2) is 0 Å². The van der Waals surface area contributed by atoms with E-state index in [0.29, 0.717) is 5.92 Å². The average molecular weight is 584 g/mol. The first-order valence-corrected chi connectivity index (χ1v) is 16.7. The van der Waals surface area contributed by atoms with Gasteiger partial charge in [0.25, 0.3) is 0 Å². The first kappa shape index (κ1) is 29.2. The number of Topliss-reactive ketones (excluding diaryl/α,β-unsaturated/α-hetero) is 1. The van der Waals surface area contributed by atoms with E-state index < -0.39 is 16.2 Å². The molecule has 230 valence electrons. The van der Waals surface area contributed by atoms with Crippen molar-refractivity contribution in [1.29, 1.82) is 5.26 Å². The summed E-state index contributed by atoms with van der Waals surface area (Å²) >= 11 is 0. The van der Waals surface area contributed by atoms with Crippen LogP contribution in [0.2, 0.25) is 0 Å². The fourth-order valence-corrected chi connectivity index (χ4v) is 12.1. The van der Waals surface area contributed by atoms with Crippen molar-refractivity contribution in [3.8, 4) is 6.07 Å². The van der Waals surface area contributed by atoms with Crippen LogP contribution in [0.1, 0.15) is 138 Å². The molecule has 6 heteroatoms. The Morgan fingerprint density at radius 2 is 1.53 bits per heavy atom. The Balaban J connectivity index is 1.39. The maximum atomic E-state index is 15.1. The van der Waals surface area contributed by atoms with Gasteiger partial charge < -0.3 is 4.42 Å². The van der Waals surface area contributed by atoms with Gasteiger partial charge in [-0.05, 0) is 91.4 Å². The molecule has 1 unspecified atom stereocenters. The summed E-state index contributed by atoms with van der Waals surface area (Å²) in [5, 5.41) is 19.1. The minimum atomic E-state index is -0.660. The lowest BCUT2D eigenvalue weighted by atomic mass is 9.26. The van der Waals surface area contributed by atoms with Gasteiger partial charge in [0, 0.05) is 27.6 Å². The van der Waals surface area contributed by atoms with Crippen molar-refractivity contribution in [3.05, 3.63) is 35.1 Å². The normalized spacial score (nSPS) is 48.6. The van der Waals surface area contributed by atoms with E-state index in [-0.39, 0.29) is 50.1 Å². The number of allylic oxidation sites excluding steroid dienone is 4. The Hall–Kier alpha value is -2.55. The standard InChI is InChI=1S/C37H49N3O3/c1-30(2)24-12-13-34(6)25(33(24,5)19-23(20-38)27(30)42)18-26(41)37(9)35(34,7)17-16-32(4)15-14-31(3,21-36(32,37)8)29-40-39-28(43-29)22-10-11-22/h18-19,22,24H,10-17,21H2,1-9H3/t24-,31-,32+,33-,34+,35-,36+,37?/m0/s1. The summed E-state index contributed by atoms with van der Waals surface area (Å²) in [7, 11) is 0. The van der Waals surface area contributed by atoms with E-state index in [1.165, 1.54) is 0 Å². The van der Waals surface area contributed by atoms with Gasteiger partial charge in [0.05, 0.1) is 5.57 Å². The Bertz CT molecular complexity index is 1570. The van der Waals surface area contributed by atoms with Gasteiger partial charge in [0.1, 0.15) is 6.07 Å². The molecule has 1 aromatic rings. The highest BCUT2D eigenvalue weighted by molar-refractivity contribution is 6.05. The molecule has 0 amide bonds. The second-order valence-corrected chi connectivity index (χ2v) is 17.7. The smallest absolute Gasteiger partial charge is 0.222 e. The van der Waals surface area contributed by atoms with Gasteiger partial charge in [0.2, 0.25) is 11.8 Å². The molecular weight excluding hydrogens is 534 g/mol. The van der Waals surface area contributed by atoms with Gasteiger partial charge in [-0.3, -0.25) is 9.59 Å². The van der Waals surface area contributed by atoms with Crippen molar-refractivity contribution in [3.63, 3.8) is 0 Å². The van der Waals surface area contributed by atoms with E-state index in [0.717, 1.165) is 75.1 Å². The number of carbonyl (C=O) groups is 2. The lowest BCUT2D eigenvalue weighted by Gasteiger charge is -2.76. The molecular formula is C37H49N3O3. The third-order valence-electron chi connectivity index (χ3n) is 15.7. The van der Waals surface area contributed by atoms with E-state index >= 15 is 4.79 Å². The summed E-state index contributed by atoms with van der Waals surface area (Å²) in [6.45, 7) is 20.4. The lowest BCUT2D eigenvalue weighted by molar-refractivity contribution is -0.240. The number of hydrogen-bond acceptors (Lipinski definition) is 6. The molecule has 0 aromatic carbocycles. The molecule has 6 aliphatic carbocycles. The number of fused-ring (bicyclic) bond motifs is 7. The Labute approximate surface area is 257 Å². The van der Waals surface area contributed by atoms with Crippen molar-refractivity contribution in [2.75, 3.05) is 0 Å². The number of hydrogen-bond donors (Lipinski definition) is 0. The molecule has 4 fully saturated rings. The van der Waals surface area contributed by atoms with E-state index in [1.807, 2.05) is 26.0 Å². The monoisotopic (exact) mass is 583 g/mol. The average Bonchev–Trinajstić information content (AvgIpc) is 3.67. The summed E-state index contributed by atoms with van der Waals surface area (Å²) < 4.78 is 6.38. The van der Waals surface area contributed by atoms with Gasteiger partial charge in [-0.1, -0.05) is 74.0 Å². The van der Waals surface area contributed by atoms with Gasteiger partial charge in [-0.2, -0.15) is 5.26 Å². The maximum Gasteiger partial charge on any atom is 0.222 e. The van der Waals surface area contributed by atoms with Crippen molar-refractivity contribution in [2.24, 2.45) is 43.8 Å². The Morgan fingerprint density at radius 3 is 2.19 bits per heavy atom. The minimum Gasteiger partial charge on any atom is -0.424 e. The largest absolute Gasteiger partial charge is 0.424 e. The molecule has 6 nitrogen and oxygen atoms in total. The quantitative estimate of drug-likeness (QED) is 0.348. The summed E-state index contributed by atoms with van der Waals surface area (Å²) in [4.78, 5) is 28.5. The highest BCUT2D eigenvalue weighted by Crippen LogP contribution is 2.81. The molecule has 4 saturated carbocycles. The molecule has 0 N–H and O–H groups in total. The fraction of sp³-hybridized carbons (Fsp3) is 0.757. The molecule has 43 heavy (non-hydrogen) atoms. The second kappa shape index (κ2) is 8.18. The number of rotatable bonds is 2. The van der Waals surface area contributed by atoms with Crippen LogP contribution in [-0.4, -0.2) is 21.8 Å².